The molecule has 1 spiro atoms. The van der Waals surface area contributed by atoms with Gasteiger partial charge in [0.05, 0.1) is 10.7 Å². The summed E-state index contributed by atoms with van der Waals surface area (Å²) in [6.07, 6.45) is 10.9. The molecule has 178 valence electrons. The van der Waals surface area contributed by atoms with Crippen molar-refractivity contribution in [3.63, 3.8) is 0 Å². The highest BCUT2D eigenvalue weighted by atomic mass is 35.5. The molecule has 0 unspecified atom stereocenters. The topological polar surface area (TPSA) is 67.6 Å². The molecule has 2 aliphatic heterocycles. The first-order valence-electron chi connectivity index (χ1n) is 12.4. The first-order chi connectivity index (χ1) is 17.1. The predicted octanol–water partition coefficient (Wildman–Crippen LogP) is 5.30. The second-order valence-corrected chi connectivity index (χ2v) is 10.4. The van der Waals surface area contributed by atoms with Crippen molar-refractivity contribution in [2.24, 2.45) is 0 Å². The minimum absolute atomic E-state index is 0.0985. The number of halogens is 1. The van der Waals surface area contributed by atoms with Gasteiger partial charge in [-0.1, -0.05) is 29.8 Å². The Morgan fingerprint density at radius 3 is 2.71 bits per heavy atom. The van der Waals surface area contributed by atoms with Crippen molar-refractivity contribution in [3.8, 4) is 16.9 Å². The maximum atomic E-state index is 6.84. The number of para-hydroxylation sites is 1. The van der Waals surface area contributed by atoms with Gasteiger partial charge in [0.15, 0.2) is 0 Å². The fraction of sp³-hybridized carbons (Fsp3) is 0.370. The summed E-state index contributed by atoms with van der Waals surface area (Å²) in [5.41, 5.74) is 4.86. The van der Waals surface area contributed by atoms with Gasteiger partial charge in [-0.2, -0.15) is 0 Å². The summed E-state index contributed by atoms with van der Waals surface area (Å²) in [5, 5.41) is 4.06. The number of imidazole rings is 1. The summed E-state index contributed by atoms with van der Waals surface area (Å²) >= 11 is 6.84. The quantitative estimate of drug-likeness (QED) is 0.422. The van der Waals surface area contributed by atoms with Gasteiger partial charge in [-0.15, -0.1) is 0 Å². The molecule has 7 nitrogen and oxygen atoms in total. The average Bonchev–Trinajstić information content (AvgIpc) is 3.41. The Hall–Kier alpha value is -3.32. The fourth-order valence-electron chi connectivity index (χ4n) is 5.53. The zero-order valence-corrected chi connectivity index (χ0v) is 20.4. The molecule has 0 radical (unpaired) electrons. The van der Waals surface area contributed by atoms with E-state index in [0.717, 1.165) is 85.2 Å². The maximum absolute atomic E-state index is 6.84. The van der Waals surface area contributed by atoms with E-state index in [9.17, 15) is 0 Å². The lowest BCUT2D eigenvalue weighted by atomic mass is 9.87. The van der Waals surface area contributed by atoms with Crippen LogP contribution in [-0.4, -0.2) is 44.1 Å². The molecule has 1 aromatic carbocycles. The number of rotatable bonds is 4. The van der Waals surface area contributed by atoms with Crippen LogP contribution in [-0.2, 0) is 6.42 Å². The number of nitrogens with one attached hydrogen (secondary N) is 1. The van der Waals surface area contributed by atoms with Crippen molar-refractivity contribution in [2.45, 2.75) is 50.7 Å². The average molecular weight is 487 g/mol. The Bertz CT molecular complexity index is 1410. The summed E-state index contributed by atoms with van der Waals surface area (Å²) in [6, 6.07) is 10.9. The molecule has 3 aliphatic rings. The molecule has 1 N–H and O–H groups in total. The monoisotopic (exact) mass is 486 g/mol. The maximum Gasteiger partial charge on any atom is 0.211 e. The minimum Gasteiger partial charge on any atom is -0.487 e. The standard InChI is InChI=1S/C27H27ClN6O/c1-17-22(20-8-11-29-24(23(20)28)32-19-6-7-19)25-30-12-15-34(25)26(31-17)33-13-9-27(10-14-33)16-18-4-2-3-5-21(18)35-27/h2-5,8,11-12,15,19H,6-7,9-10,13-14,16H2,1H3,(H,29,32). The smallest absolute Gasteiger partial charge is 0.211 e. The predicted molar refractivity (Wildman–Crippen MR) is 138 cm³/mol. The van der Waals surface area contributed by atoms with E-state index in [-0.39, 0.29) is 5.60 Å². The van der Waals surface area contributed by atoms with E-state index in [0.29, 0.717) is 11.1 Å². The number of benzene rings is 1. The number of piperidine rings is 1. The molecule has 1 saturated carbocycles. The van der Waals surface area contributed by atoms with Gasteiger partial charge in [-0.05, 0) is 37.5 Å². The van der Waals surface area contributed by atoms with Crippen LogP contribution in [0.25, 0.3) is 16.8 Å². The lowest BCUT2D eigenvalue weighted by molar-refractivity contribution is 0.0664. The number of nitrogens with zero attached hydrogens (tertiary/aromatic N) is 5. The van der Waals surface area contributed by atoms with E-state index in [4.69, 9.17) is 26.3 Å². The van der Waals surface area contributed by atoms with Gasteiger partial charge >= 0.3 is 0 Å². The zero-order valence-electron chi connectivity index (χ0n) is 19.7. The molecule has 8 heteroatoms. The van der Waals surface area contributed by atoms with Gasteiger partial charge in [-0.3, -0.25) is 4.40 Å². The Morgan fingerprint density at radius 1 is 1.09 bits per heavy atom. The molecular formula is C27H27ClN6O. The third-order valence-corrected chi connectivity index (χ3v) is 7.94. The fourth-order valence-corrected chi connectivity index (χ4v) is 5.79. The van der Waals surface area contributed by atoms with Gasteiger partial charge < -0.3 is 15.0 Å². The molecule has 35 heavy (non-hydrogen) atoms. The van der Waals surface area contributed by atoms with Gasteiger partial charge in [0.2, 0.25) is 5.95 Å². The van der Waals surface area contributed by atoms with Crippen molar-refractivity contribution < 1.29 is 4.74 Å². The van der Waals surface area contributed by atoms with E-state index in [1.54, 1.807) is 0 Å². The number of hydrogen-bond donors (Lipinski definition) is 1. The third kappa shape index (κ3) is 3.52. The van der Waals surface area contributed by atoms with Crippen molar-refractivity contribution in [2.75, 3.05) is 23.3 Å². The molecule has 2 fully saturated rings. The second-order valence-electron chi connectivity index (χ2n) is 9.99. The van der Waals surface area contributed by atoms with Crippen LogP contribution in [0.2, 0.25) is 5.02 Å². The number of pyridine rings is 1. The van der Waals surface area contributed by atoms with Crippen LogP contribution in [0.1, 0.15) is 36.9 Å². The Labute approximate surface area is 209 Å². The SMILES string of the molecule is Cc1nc(N2CCC3(CC2)Cc2ccccc2O3)n2ccnc2c1-c1ccnc(NC2CC2)c1Cl. The molecule has 0 amide bonds. The highest BCUT2D eigenvalue weighted by molar-refractivity contribution is 6.36. The molecule has 3 aromatic heterocycles. The van der Waals surface area contributed by atoms with E-state index in [1.165, 1.54) is 5.56 Å². The summed E-state index contributed by atoms with van der Waals surface area (Å²) < 4.78 is 8.55. The van der Waals surface area contributed by atoms with Gasteiger partial charge in [0.1, 0.15) is 22.8 Å². The Morgan fingerprint density at radius 2 is 1.91 bits per heavy atom. The Kier molecular flexibility index (Phi) is 4.71. The van der Waals surface area contributed by atoms with Crippen LogP contribution in [0.3, 0.4) is 0 Å². The highest BCUT2D eigenvalue weighted by Gasteiger charge is 2.42. The van der Waals surface area contributed by atoms with Crippen molar-refractivity contribution in [1.82, 2.24) is 19.4 Å². The second kappa shape index (κ2) is 7.85. The molecule has 7 rings (SSSR count). The van der Waals surface area contributed by atoms with Crippen LogP contribution in [0.4, 0.5) is 11.8 Å². The largest absolute Gasteiger partial charge is 0.487 e. The van der Waals surface area contributed by atoms with E-state index < -0.39 is 0 Å². The van der Waals surface area contributed by atoms with Crippen molar-refractivity contribution in [3.05, 3.63) is 65.2 Å². The number of ether oxygens (including phenoxy) is 1. The van der Waals surface area contributed by atoms with Gasteiger partial charge in [0.25, 0.3) is 0 Å². The van der Waals surface area contributed by atoms with Crippen molar-refractivity contribution >= 4 is 29.0 Å². The summed E-state index contributed by atoms with van der Waals surface area (Å²) in [4.78, 5) is 16.6. The number of aryl methyl sites for hydroxylation is 1. The molecular weight excluding hydrogens is 460 g/mol. The lowest BCUT2D eigenvalue weighted by Gasteiger charge is -2.39. The summed E-state index contributed by atoms with van der Waals surface area (Å²) in [7, 11) is 0. The lowest BCUT2D eigenvalue weighted by Crippen LogP contribution is -2.48. The van der Waals surface area contributed by atoms with Crippen LogP contribution >= 0.6 is 11.6 Å². The molecule has 1 aliphatic carbocycles. The van der Waals surface area contributed by atoms with Crippen LogP contribution < -0.4 is 15.0 Å². The molecule has 1 saturated heterocycles. The Balaban J connectivity index is 1.20. The first kappa shape index (κ1) is 21.0. The zero-order chi connectivity index (χ0) is 23.6. The molecule has 4 aromatic rings. The van der Waals surface area contributed by atoms with Crippen LogP contribution in [0.5, 0.6) is 5.75 Å². The first-order valence-corrected chi connectivity index (χ1v) is 12.7. The number of fused-ring (bicyclic) bond motifs is 2. The summed E-state index contributed by atoms with van der Waals surface area (Å²) in [5.74, 6) is 2.70. The highest BCUT2D eigenvalue weighted by Crippen LogP contribution is 2.42. The number of hydrogen-bond acceptors (Lipinski definition) is 6. The molecule has 0 bridgehead atoms. The summed E-state index contributed by atoms with van der Waals surface area (Å²) in [6.45, 7) is 3.82. The number of anilines is 2. The third-order valence-electron chi connectivity index (χ3n) is 7.56. The minimum atomic E-state index is -0.0985. The van der Waals surface area contributed by atoms with Gasteiger partial charge in [-0.25, -0.2) is 15.0 Å². The van der Waals surface area contributed by atoms with Crippen LogP contribution in [0, 0.1) is 6.92 Å². The van der Waals surface area contributed by atoms with E-state index in [2.05, 4.69) is 43.9 Å². The van der Waals surface area contributed by atoms with E-state index in [1.807, 2.05) is 31.6 Å². The molecule has 0 atom stereocenters. The van der Waals surface area contributed by atoms with E-state index >= 15 is 0 Å². The van der Waals surface area contributed by atoms with Crippen LogP contribution in [0.15, 0.2) is 48.9 Å². The normalized spacial score (nSPS) is 18.6. The van der Waals surface area contributed by atoms with Gasteiger partial charge in [0, 0.05) is 68.1 Å². The van der Waals surface area contributed by atoms with Crippen molar-refractivity contribution in [1.29, 1.82) is 0 Å². The number of aromatic nitrogens is 4. The molecule has 5 heterocycles.